The fourth-order valence-electron chi connectivity index (χ4n) is 4.60. The number of sulfonamides is 1. The van der Waals surface area contributed by atoms with Gasteiger partial charge in [0.05, 0.1) is 10.3 Å². The summed E-state index contributed by atoms with van der Waals surface area (Å²) < 4.78 is 41.7. The fourth-order valence-corrected chi connectivity index (χ4v) is 5.88. The Hall–Kier alpha value is -2.82. The molecule has 2 amide bonds. The number of hydrogen-bond acceptors (Lipinski definition) is 5. The average molecular weight is 492 g/mol. The summed E-state index contributed by atoms with van der Waals surface area (Å²) in [6.45, 7) is 4.53. The molecule has 0 aliphatic carbocycles. The Labute approximate surface area is 199 Å². The van der Waals surface area contributed by atoms with Crippen LogP contribution in [0.15, 0.2) is 59.5 Å². The summed E-state index contributed by atoms with van der Waals surface area (Å²) in [7, 11) is -4.30. The fraction of sp³-hybridized carbons (Fsp3) is 0.417. The minimum Gasteiger partial charge on any atom is -0.342 e. The number of carbonyl (C=O) groups excluding carboxylic acids is 2. The monoisotopic (exact) mass is 491 g/mol. The molecule has 0 radical (unpaired) electrons. The molecule has 2 aromatic rings. The van der Waals surface area contributed by atoms with Crippen LogP contribution in [0.5, 0.6) is 0 Å². The van der Waals surface area contributed by atoms with Crippen molar-refractivity contribution in [2.24, 2.45) is 11.3 Å². The highest BCUT2D eigenvalue weighted by molar-refractivity contribution is 7.89. The van der Waals surface area contributed by atoms with Crippen molar-refractivity contribution in [1.29, 1.82) is 0 Å². The lowest BCUT2D eigenvalue weighted by Crippen LogP contribution is -2.59. The lowest BCUT2D eigenvalue weighted by atomic mass is 9.72. The topological polar surface area (TPSA) is 116 Å². The molecule has 0 aromatic heterocycles. The van der Waals surface area contributed by atoms with Crippen LogP contribution in [0, 0.1) is 17.2 Å². The number of nitrogens with one attached hydrogen (secondary N) is 2. The van der Waals surface area contributed by atoms with Crippen LogP contribution < -0.4 is 10.2 Å². The number of halogens is 1. The normalized spacial score (nSPS) is 19.4. The van der Waals surface area contributed by atoms with Gasteiger partial charge in [-0.3, -0.25) is 14.8 Å². The van der Waals surface area contributed by atoms with Gasteiger partial charge in [0.1, 0.15) is 11.9 Å². The Balaban J connectivity index is 1.92. The summed E-state index contributed by atoms with van der Waals surface area (Å²) in [6, 6.07) is 12.2. The van der Waals surface area contributed by atoms with Crippen molar-refractivity contribution in [2.45, 2.75) is 44.0 Å². The first-order valence-corrected chi connectivity index (χ1v) is 12.6. The van der Waals surface area contributed by atoms with Crippen molar-refractivity contribution in [3.8, 4) is 0 Å². The molecular formula is C24H30FN3O5S. The zero-order chi connectivity index (χ0) is 24.9. The van der Waals surface area contributed by atoms with Crippen molar-refractivity contribution in [2.75, 3.05) is 13.1 Å². The molecular weight excluding hydrogens is 461 g/mol. The van der Waals surface area contributed by atoms with Gasteiger partial charge in [0.15, 0.2) is 0 Å². The Kier molecular flexibility index (Phi) is 8.06. The Morgan fingerprint density at radius 2 is 1.79 bits per heavy atom. The molecule has 0 bridgehead atoms. The van der Waals surface area contributed by atoms with E-state index in [1.165, 1.54) is 5.48 Å². The maximum atomic E-state index is 13.7. The minimum absolute atomic E-state index is 0.0395. The Bertz CT molecular complexity index is 1110. The van der Waals surface area contributed by atoms with E-state index >= 15 is 0 Å². The van der Waals surface area contributed by atoms with Crippen LogP contribution in [-0.4, -0.2) is 49.5 Å². The molecule has 1 fully saturated rings. The first-order valence-electron chi connectivity index (χ1n) is 11.1. The number of benzene rings is 2. The molecule has 1 aliphatic rings. The van der Waals surface area contributed by atoms with Crippen LogP contribution in [0.4, 0.5) is 4.39 Å². The van der Waals surface area contributed by atoms with Gasteiger partial charge in [-0.25, -0.2) is 18.3 Å². The third kappa shape index (κ3) is 5.63. The van der Waals surface area contributed by atoms with Crippen molar-refractivity contribution in [3.63, 3.8) is 0 Å². The molecule has 10 heteroatoms. The molecule has 2 unspecified atom stereocenters. The highest BCUT2D eigenvalue weighted by Gasteiger charge is 2.55. The summed E-state index contributed by atoms with van der Waals surface area (Å²) in [6.07, 6.45) is 1.09. The number of hydrogen-bond donors (Lipinski definition) is 3. The predicted molar refractivity (Wildman–Crippen MR) is 124 cm³/mol. The number of hydroxylamine groups is 1. The van der Waals surface area contributed by atoms with Crippen LogP contribution in [0.3, 0.4) is 0 Å². The second kappa shape index (κ2) is 10.6. The standard InChI is InChI=1S/C24H30FN3O5S/c1-17(2)16-24(13-15-28(23(24)30)14-12-18-6-4-3-5-7-18)21(22(29)26-31)27-34(32,33)20-10-8-19(25)9-11-20/h3-11,17,21,27,31H,12-16H2,1-2H3,(H,26,29). The third-order valence-electron chi connectivity index (χ3n) is 6.15. The number of nitrogens with zero attached hydrogens (tertiary/aromatic N) is 1. The number of rotatable bonds is 10. The second-order valence-electron chi connectivity index (χ2n) is 9.02. The largest absolute Gasteiger partial charge is 0.342 e. The summed E-state index contributed by atoms with van der Waals surface area (Å²) >= 11 is 0. The highest BCUT2D eigenvalue weighted by Crippen LogP contribution is 2.42. The zero-order valence-corrected chi connectivity index (χ0v) is 20.0. The zero-order valence-electron chi connectivity index (χ0n) is 19.2. The molecule has 3 N–H and O–H groups in total. The molecule has 2 atom stereocenters. The quantitative estimate of drug-likeness (QED) is 0.349. The molecule has 184 valence electrons. The van der Waals surface area contributed by atoms with Crippen LogP contribution >= 0.6 is 0 Å². The van der Waals surface area contributed by atoms with Crippen molar-refractivity contribution in [3.05, 3.63) is 66.0 Å². The smallest absolute Gasteiger partial charge is 0.262 e. The van der Waals surface area contributed by atoms with E-state index in [1.54, 1.807) is 4.90 Å². The summed E-state index contributed by atoms with van der Waals surface area (Å²) in [5.74, 6) is -2.01. The van der Waals surface area contributed by atoms with Crippen molar-refractivity contribution in [1.82, 2.24) is 15.1 Å². The van der Waals surface area contributed by atoms with E-state index in [1.807, 2.05) is 44.2 Å². The van der Waals surface area contributed by atoms with E-state index in [4.69, 9.17) is 0 Å². The minimum atomic E-state index is -4.30. The molecule has 1 saturated heterocycles. The lowest BCUT2D eigenvalue weighted by molar-refractivity contribution is -0.145. The number of carbonyl (C=O) groups is 2. The van der Waals surface area contributed by atoms with Gasteiger partial charge >= 0.3 is 0 Å². The summed E-state index contributed by atoms with van der Waals surface area (Å²) in [4.78, 5) is 27.8. The average Bonchev–Trinajstić information content (AvgIpc) is 3.11. The van der Waals surface area contributed by atoms with Gasteiger partial charge in [0.25, 0.3) is 5.91 Å². The molecule has 34 heavy (non-hydrogen) atoms. The van der Waals surface area contributed by atoms with Crippen molar-refractivity contribution < 1.29 is 27.6 Å². The maximum absolute atomic E-state index is 13.7. The van der Waals surface area contributed by atoms with Crippen molar-refractivity contribution >= 4 is 21.8 Å². The Morgan fingerprint density at radius 3 is 2.38 bits per heavy atom. The van der Waals surface area contributed by atoms with Crippen LogP contribution in [-0.2, 0) is 26.0 Å². The van der Waals surface area contributed by atoms with Gasteiger partial charge in [0.2, 0.25) is 15.9 Å². The highest BCUT2D eigenvalue weighted by atomic mass is 32.2. The number of amides is 2. The summed E-state index contributed by atoms with van der Waals surface area (Å²) in [5, 5.41) is 9.41. The molecule has 0 saturated carbocycles. The molecule has 3 rings (SSSR count). The van der Waals surface area contributed by atoms with Gasteiger partial charge in [-0.05, 0) is 55.0 Å². The van der Waals surface area contributed by atoms with E-state index in [2.05, 4.69) is 4.72 Å². The van der Waals surface area contributed by atoms with E-state index in [9.17, 15) is 27.6 Å². The molecule has 2 aromatic carbocycles. The van der Waals surface area contributed by atoms with Crippen LogP contribution in [0.1, 0.15) is 32.3 Å². The first kappa shape index (κ1) is 25.8. The lowest BCUT2D eigenvalue weighted by Gasteiger charge is -2.36. The molecule has 0 spiro atoms. The second-order valence-corrected chi connectivity index (χ2v) is 10.7. The first-order chi connectivity index (χ1) is 16.1. The molecule has 1 aliphatic heterocycles. The third-order valence-corrected chi connectivity index (χ3v) is 7.59. The van der Waals surface area contributed by atoms with Gasteiger partial charge in [-0.2, -0.15) is 4.72 Å². The van der Waals surface area contributed by atoms with E-state index < -0.39 is 33.2 Å². The molecule has 1 heterocycles. The maximum Gasteiger partial charge on any atom is 0.262 e. The molecule has 8 nitrogen and oxygen atoms in total. The van der Waals surface area contributed by atoms with Gasteiger partial charge in [-0.1, -0.05) is 44.2 Å². The van der Waals surface area contributed by atoms with Crippen LogP contribution in [0.25, 0.3) is 0 Å². The SMILES string of the molecule is CC(C)CC1(C(NS(=O)(=O)c2ccc(F)cc2)C(=O)NO)CCN(CCc2ccccc2)C1=O. The van der Waals surface area contributed by atoms with Gasteiger partial charge in [-0.15, -0.1) is 0 Å². The van der Waals surface area contributed by atoms with E-state index in [-0.39, 0.29) is 29.6 Å². The Morgan fingerprint density at radius 1 is 1.15 bits per heavy atom. The summed E-state index contributed by atoms with van der Waals surface area (Å²) in [5.41, 5.74) is 1.19. The van der Waals surface area contributed by atoms with Gasteiger partial charge < -0.3 is 4.90 Å². The number of likely N-dealkylation sites (tertiary alicyclic amines) is 1. The van der Waals surface area contributed by atoms with Gasteiger partial charge in [0, 0.05) is 13.1 Å². The van der Waals surface area contributed by atoms with E-state index in [0.717, 1.165) is 29.8 Å². The van der Waals surface area contributed by atoms with E-state index in [0.29, 0.717) is 19.5 Å². The predicted octanol–water partition coefficient (Wildman–Crippen LogP) is 2.49. The van der Waals surface area contributed by atoms with Crippen LogP contribution in [0.2, 0.25) is 0 Å².